The number of carbonyl (C=O) groups is 1. The van der Waals surface area contributed by atoms with E-state index in [0.29, 0.717) is 11.3 Å². The second-order valence-corrected chi connectivity index (χ2v) is 7.73. The van der Waals surface area contributed by atoms with Gasteiger partial charge in [-0.1, -0.05) is 38.1 Å². The first-order chi connectivity index (χ1) is 10.8. The molecule has 23 heavy (non-hydrogen) atoms. The van der Waals surface area contributed by atoms with Crippen molar-refractivity contribution in [2.24, 2.45) is 0 Å². The van der Waals surface area contributed by atoms with Gasteiger partial charge in [0.2, 0.25) is 0 Å². The van der Waals surface area contributed by atoms with Crippen molar-refractivity contribution < 1.29 is 9.21 Å². The standard InChI is InChI=1S/C19H22BrNO2/c1-11-16(17(20)12(2)23-11)18(22)21-15-9-10-19(3,4)14-8-6-5-7-13(14)15/h5-8,15H,9-10H2,1-4H3,(H,21,22). The number of aryl methyl sites for hydroxylation is 2. The summed E-state index contributed by atoms with van der Waals surface area (Å²) in [5.41, 5.74) is 3.31. The Balaban J connectivity index is 1.91. The molecule has 0 saturated carbocycles. The average molecular weight is 376 g/mol. The third-order valence-electron chi connectivity index (χ3n) is 4.84. The van der Waals surface area contributed by atoms with E-state index < -0.39 is 0 Å². The molecule has 1 aliphatic rings. The minimum absolute atomic E-state index is 0.0493. The maximum absolute atomic E-state index is 12.7. The second-order valence-electron chi connectivity index (χ2n) is 6.94. The van der Waals surface area contributed by atoms with Crippen molar-refractivity contribution in [3.63, 3.8) is 0 Å². The Kier molecular flexibility index (Phi) is 4.13. The number of hydrogen-bond acceptors (Lipinski definition) is 2. The highest BCUT2D eigenvalue weighted by Gasteiger charge is 2.33. The molecule has 1 aromatic carbocycles. The smallest absolute Gasteiger partial charge is 0.256 e. The number of carbonyl (C=O) groups excluding carboxylic acids is 1. The van der Waals surface area contributed by atoms with Crippen LogP contribution in [-0.2, 0) is 5.41 Å². The number of hydrogen-bond donors (Lipinski definition) is 1. The summed E-state index contributed by atoms with van der Waals surface area (Å²) >= 11 is 3.46. The van der Waals surface area contributed by atoms with Crippen LogP contribution in [0.1, 0.15) is 65.7 Å². The highest BCUT2D eigenvalue weighted by molar-refractivity contribution is 9.10. The van der Waals surface area contributed by atoms with Gasteiger partial charge in [0.15, 0.2) is 0 Å². The average Bonchev–Trinajstić information content (AvgIpc) is 2.75. The minimum Gasteiger partial charge on any atom is -0.465 e. The summed E-state index contributed by atoms with van der Waals surface area (Å²) in [4.78, 5) is 12.7. The van der Waals surface area contributed by atoms with Gasteiger partial charge in [-0.2, -0.15) is 0 Å². The van der Waals surface area contributed by atoms with Crippen LogP contribution in [0.15, 0.2) is 33.2 Å². The number of halogens is 1. The molecule has 1 N–H and O–H groups in total. The molecule has 3 rings (SSSR count). The fourth-order valence-corrected chi connectivity index (χ4v) is 4.05. The molecule has 2 aromatic rings. The van der Waals surface area contributed by atoms with E-state index in [0.717, 1.165) is 23.1 Å². The SMILES string of the molecule is Cc1oc(C)c(C(=O)NC2CCC(C)(C)c3ccccc32)c1Br. The lowest BCUT2D eigenvalue weighted by molar-refractivity contribution is 0.0927. The van der Waals surface area contributed by atoms with Gasteiger partial charge in [-0.15, -0.1) is 0 Å². The lowest BCUT2D eigenvalue weighted by Crippen LogP contribution is -2.35. The molecular formula is C19H22BrNO2. The van der Waals surface area contributed by atoms with Crippen LogP contribution < -0.4 is 5.32 Å². The number of furan rings is 1. The van der Waals surface area contributed by atoms with Crippen molar-refractivity contribution >= 4 is 21.8 Å². The summed E-state index contributed by atoms with van der Waals surface area (Å²) in [5.74, 6) is 1.31. The molecular weight excluding hydrogens is 354 g/mol. The molecule has 3 nitrogen and oxygen atoms in total. The fraction of sp³-hybridized carbons (Fsp3) is 0.421. The number of amides is 1. The molecule has 1 aliphatic carbocycles. The summed E-state index contributed by atoms with van der Waals surface area (Å²) in [6, 6.07) is 8.47. The van der Waals surface area contributed by atoms with Crippen LogP contribution in [0.4, 0.5) is 0 Å². The van der Waals surface area contributed by atoms with Crippen LogP contribution in [0.3, 0.4) is 0 Å². The Labute approximate surface area is 145 Å². The summed E-state index contributed by atoms with van der Waals surface area (Å²) in [5, 5.41) is 3.20. The quantitative estimate of drug-likeness (QED) is 0.783. The van der Waals surface area contributed by atoms with E-state index in [-0.39, 0.29) is 17.4 Å². The lowest BCUT2D eigenvalue weighted by Gasteiger charge is -2.37. The van der Waals surface area contributed by atoms with Gasteiger partial charge in [-0.25, -0.2) is 0 Å². The predicted octanol–water partition coefficient (Wildman–Crippen LogP) is 5.20. The zero-order valence-corrected chi connectivity index (χ0v) is 15.6. The lowest BCUT2D eigenvalue weighted by atomic mass is 9.71. The van der Waals surface area contributed by atoms with E-state index in [4.69, 9.17) is 4.42 Å². The van der Waals surface area contributed by atoms with Gasteiger partial charge >= 0.3 is 0 Å². The van der Waals surface area contributed by atoms with Crippen molar-refractivity contribution in [1.82, 2.24) is 5.32 Å². The Hall–Kier alpha value is -1.55. The molecule has 0 fully saturated rings. The molecule has 122 valence electrons. The maximum atomic E-state index is 12.7. The largest absolute Gasteiger partial charge is 0.465 e. The molecule has 0 bridgehead atoms. The Morgan fingerprint density at radius 1 is 1.26 bits per heavy atom. The van der Waals surface area contributed by atoms with Crippen LogP contribution >= 0.6 is 15.9 Å². The molecule has 1 unspecified atom stereocenters. The highest BCUT2D eigenvalue weighted by atomic mass is 79.9. The zero-order chi connectivity index (χ0) is 16.8. The van der Waals surface area contributed by atoms with Gasteiger partial charge < -0.3 is 9.73 Å². The predicted molar refractivity (Wildman–Crippen MR) is 94.8 cm³/mol. The van der Waals surface area contributed by atoms with Crippen LogP contribution in [0.25, 0.3) is 0 Å². The van der Waals surface area contributed by atoms with Gasteiger partial charge in [0.25, 0.3) is 5.91 Å². The molecule has 1 atom stereocenters. The fourth-order valence-electron chi connectivity index (χ4n) is 3.51. The van der Waals surface area contributed by atoms with Crippen molar-refractivity contribution in [2.75, 3.05) is 0 Å². The third-order valence-corrected chi connectivity index (χ3v) is 5.80. The molecule has 4 heteroatoms. The molecule has 1 aromatic heterocycles. The van der Waals surface area contributed by atoms with Crippen LogP contribution in [0.2, 0.25) is 0 Å². The summed E-state index contributed by atoms with van der Waals surface area (Å²) in [7, 11) is 0. The number of fused-ring (bicyclic) bond motifs is 1. The molecule has 0 radical (unpaired) electrons. The van der Waals surface area contributed by atoms with Gasteiger partial charge in [0.05, 0.1) is 16.1 Å². The van der Waals surface area contributed by atoms with Crippen LogP contribution in [-0.4, -0.2) is 5.91 Å². The molecule has 0 spiro atoms. The van der Waals surface area contributed by atoms with Crippen molar-refractivity contribution in [3.8, 4) is 0 Å². The summed E-state index contributed by atoms with van der Waals surface area (Å²) < 4.78 is 6.30. The Morgan fingerprint density at radius 3 is 2.61 bits per heavy atom. The first kappa shape index (κ1) is 16.3. The molecule has 1 amide bonds. The topological polar surface area (TPSA) is 42.2 Å². The van der Waals surface area contributed by atoms with E-state index in [1.54, 1.807) is 0 Å². The van der Waals surface area contributed by atoms with Crippen LogP contribution in [0, 0.1) is 13.8 Å². The minimum atomic E-state index is -0.0780. The van der Waals surface area contributed by atoms with E-state index in [1.165, 1.54) is 11.1 Å². The Bertz CT molecular complexity index is 761. The number of benzene rings is 1. The Morgan fingerprint density at radius 2 is 1.96 bits per heavy atom. The van der Waals surface area contributed by atoms with Gasteiger partial charge in [-0.3, -0.25) is 4.79 Å². The van der Waals surface area contributed by atoms with Crippen LogP contribution in [0.5, 0.6) is 0 Å². The van der Waals surface area contributed by atoms with E-state index >= 15 is 0 Å². The van der Waals surface area contributed by atoms with Gasteiger partial charge in [-0.05, 0) is 59.2 Å². The molecule has 0 saturated heterocycles. The molecule has 1 heterocycles. The maximum Gasteiger partial charge on any atom is 0.256 e. The number of rotatable bonds is 2. The first-order valence-electron chi connectivity index (χ1n) is 7.97. The van der Waals surface area contributed by atoms with E-state index in [9.17, 15) is 4.79 Å². The zero-order valence-electron chi connectivity index (χ0n) is 14.0. The summed E-state index contributed by atoms with van der Waals surface area (Å²) in [6.45, 7) is 8.21. The second kappa shape index (κ2) is 5.82. The van der Waals surface area contributed by atoms with Crippen molar-refractivity contribution in [1.29, 1.82) is 0 Å². The van der Waals surface area contributed by atoms with E-state index in [2.05, 4.69) is 53.3 Å². The van der Waals surface area contributed by atoms with Crippen molar-refractivity contribution in [3.05, 3.63) is 56.9 Å². The normalized spacial score (nSPS) is 19.3. The van der Waals surface area contributed by atoms with Crippen molar-refractivity contribution in [2.45, 2.75) is 52.0 Å². The highest BCUT2D eigenvalue weighted by Crippen LogP contribution is 2.41. The van der Waals surface area contributed by atoms with E-state index in [1.807, 2.05) is 19.9 Å². The number of nitrogens with one attached hydrogen (secondary N) is 1. The van der Waals surface area contributed by atoms with Gasteiger partial charge in [0, 0.05) is 0 Å². The third kappa shape index (κ3) is 2.85. The van der Waals surface area contributed by atoms with Gasteiger partial charge in [0.1, 0.15) is 11.5 Å². The molecule has 0 aliphatic heterocycles. The monoisotopic (exact) mass is 375 g/mol. The first-order valence-corrected chi connectivity index (χ1v) is 8.76. The summed E-state index contributed by atoms with van der Waals surface area (Å²) in [6.07, 6.45) is 2.00.